The highest BCUT2D eigenvalue weighted by molar-refractivity contribution is 7.99. The number of nitrogens with one attached hydrogen (secondary N) is 1. The molecule has 0 radical (unpaired) electrons. The van der Waals surface area contributed by atoms with Gasteiger partial charge in [-0.05, 0) is 6.92 Å². The van der Waals surface area contributed by atoms with Crippen molar-refractivity contribution in [2.75, 3.05) is 5.75 Å². The summed E-state index contributed by atoms with van der Waals surface area (Å²) < 4.78 is 6.77. The van der Waals surface area contributed by atoms with E-state index in [9.17, 15) is 9.59 Å². The molecule has 0 aliphatic carbocycles. The number of aromatic nitrogens is 4. The van der Waals surface area contributed by atoms with Gasteiger partial charge in [-0.15, -0.1) is 0 Å². The van der Waals surface area contributed by atoms with Crippen LogP contribution in [0.4, 0.5) is 0 Å². The van der Waals surface area contributed by atoms with E-state index in [2.05, 4.69) is 20.4 Å². The third kappa shape index (κ3) is 3.63. The molecule has 1 amide bonds. The number of thioether (sulfide) groups is 1. The van der Waals surface area contributed by atoms with E-state index >= 15 is 0 Å². The molecule has 0 spiro atoms. The minimum absolute atomic E-state index is 0.102. The highest BCUT2D eigenvalue weighted by atomic mass is 32.2. The van der Waals surface area contributed by atoms with Crippen molar-refractivity contribution in [3.05, 3.63) is 58.3 Å². The summed E-state index contributed by atoms with van der Waals surface area (Å²) >= 11 is 1.41. The number of hydrogen-bond acceptors (Lipinski definition) is 7. The minimum atomic E-state index is -0.319. The summed E-state index contributed by atoms with van der Waals surface area (Å²) in [6, 6.07) is 9.47. The molecule has 1 aliphatic rings. The zero-order valence-corrected chi connectivity index (χ0v) is 15.4. The molecule has 0 unspecified atom stereocenters. The lowest BCUT2D eigenvalue weighted by Gasteiger charge is -2.24. The third-order valence-corrected chi connectivity index (χ3v) is 5.44. The molecule has 3 aromatic rings. The van der Waals surface area contributed by atoms with Crippen molar-refractivity contribution >= 4 is 17.7 Å². The smallest absolute Gasteiger partial charge is 0.257 e. The van der Waals surface area contributed by atoms with E-state index in [-0.39, 0.29) is 23.9 Å². The Bertz CT molecular complexity index is 1030. The van der Waals surface area contributed by atoms with E-state index in [0.717, 1.165) is 5.56 Å². The Morgan fingerprint density at radius 2 is 2.19 bits per heavy atom. The van der Waals surface area contributed by atoms with Crippen LogP contribution in [0.1, 0.15) is 11.5 Å². The van der Waals surface area contributed by atoms with Crippen molar-refractivity contribution in [2.24, 2.45) is 5.92 Å². The number of aryl methyl sites for hydroxylation is 1. The third-order valence-electron chi connectivity index (χ3n) is 4.28. The van der Waals surface area contributed by atoms with E-state index in [1.807, 2.05) is 30.3 Å². The highest BCUT2D eigenvalue weighted by Crippen LogP contribution is 2.25. The van der Waals surface area contributed by atoms with E-state index < -0.39 is 0 Å². The predicted octanol–water partition coefficient (Wildman–Crippen LogP) is 1.64. The number of fused-ring (bicyclic) bond motifs is 1. The van der Waals surface area contributed by atoms with Gasteiger partial charge in [0.25, 0.3) is 5.56 Å². The van der Waals surface area contributed by atoms with Crippen molar-refractivity contribution in [3.63, 3.8) is 0 Å². The molecule has 0 fully saturated rings. The zero-order chi connectivity index (χ0) is 18.8. The van der Waals surface area contributed by atoms with Crippen molar-refractivity contribution in [1.29, 1.82) is 0 Å². The Morgan fingerprint density at radius 3 is 3.00 bits per heavy atom. The minimum Gasteiger partial charge on any atom is -0.347 e. The summed E-state index contributed by atoms with van der Waals surface area (Å²) in [6.45, 7) is 2.19. The first-order valence-corrected chi connectivity index (χ1v) is 9.45. The lowest BCUT2D eigenvalue weighted by atomic mass is 10.1. The topological polar surface area (TPSA) is 103 Å². The Hall–Kier alpha value is -2.94. The monoisotopic (exact) mass is 383 g/mol. The van der Waals surface area contributed by atoms with Gasteiger partial charge < -0.3 is 9.84 Å². The molecule has 0 bridgehead atoms. The summed E-state index contributed by atoms with van der Waals surface area (Å²) in [4.78, 5) is 33.3. The number of rotatable bonds is 4. The van der Waals surface area contributed by atoms with Crippen LogP contribution in [0.2, 0.25) is 0 Å². The number of amides is 1. The normalized spacial score (nSPS) is 16.0. The van der Waals surface area contributed by atoms with Crippen LogP contribution in [0.15, 0.2) is 51.0 Å². The van der Waals surface area contributed by atoms with Gasteiger partial charge in [-0.25, -0.2) is 4.98 Å². The Balaban J connectivity index is 1.40. The van der Waals surface area contributed by atoms with E-state index in [1.54, 1.807) is 17.7 Å². The number of benzene rings is 1. The van der Waals surface area contributed by atoms with Gasteiger partial charge in [0.05, 0.1) is 12.5 Å². The van der Waals surface area contributed by atoms with Crippen LogP contribution >= 0.6 is 11.8 Å². The molecule has 0 saturated heterocycles. The van der Waals surface area contributed by atoms with Gasteiger partial charge >= 0.3 is 0 Å². The van der Waals surface area contributed by atoms with Gasteiger partial charge in [-0.3, -0.25) is 14.2 Å². The molecule has 3 heterocycles. The van der Waals surface area contributed by atoms with Crippen molar-refractivity contribution < 1.29 is 9.32 Å². The maximum absolute atomic E-state index is 12.5. The second kappa shape index (κ2) is 7.36. The molecule has 4 rings (SSSR count). The fraction of sp³-hybridized carbons (Fsp3) is 0.278. The second-order valence-corrected chi connectivity index (χ2v) is 7.23. The molecule has 1 N–H and O–H groups in total. The molecule has 1 aromatic carbocycles. The fourth-order valence-corrected chi connectivity index (χ4v) is 3.85. The first-order chi connectivity index (χ1) is 13.1. The van der Waals surface area contributed by atoms with Crippen molar-refractivity contribution in [2.45, 2.75) is 25.2 Å². The van der Waals surface area contributed by atoms with Crippen molar-refractivity contribution in [3.8, 4) is 11.4 Å². The zero-order valence-electron chi connectivity index (χ0n) is 14.6. The van der Waals surface area contributed by atoms with Gasteiger partial charge in [-0.1, -0.05) is 47.3 Å². The largest absolute Gasteiger partial charge is 0.347 e. The van der Waals surface area contributed by atoms with Crippen LogP contribution in [-0.4, -0.2) is 31.4 Å². The summed E-state index contributed by atoms with van der Waals surface area (Å²) in [7, 11) is 0. The molecule has 9 heteroatoms. The second-order valence-electron chi connectivity index (χ2n) is 6.24. The predicted molar refractivity (Wildman–Crippen MR) is 99.0 cm³/mol. The average Bonchev–Trinajstić information content (AvgIpc) is 3.18. The quantitative estimate of drug-likeness (QED) is 0.683. The van der Waals surface area contributed by atoms with Crippen LogP contribution in [0, 0.1) is 12.8 Å². The molecule has 8 nitrogen and oxygen atoms in total. The van der Waals surface area contributed by atoms with Crippen LogP contribution in [0.3, 0.4) is 0 Å². The molecular formula is C18H17N5O3S. The molecule has 2 aromatic heterocycles. The first-order valence-electron chi connectivity index (χ1n) is 8.47. The highest BCUT2D eigenvalue weighted by Gasteiger charge is 2.27. The number of carbonyl (C=O) groups is 1. The van der Waals surface area contributed by atoms with Crippen LogP contribution < -0.4 is 10.9 Å². The summed E-state index contributed by atoms with van der Waals surface area (Å²) in [6.07, 6.45) is 1.57. The Labute approximate surface area is 159 Å². The van der Waals surface area contributed by atoms with Gasteiger partial charge in [0.1, 0.15) is 0 Å². The maximum atomic E-state index is 12.5. The van der Waals surface area contributed by atoms with E-state index in [1.165, 1.54) is 11.8 Å². The molecule has 0 saturated carbocycles. The number of carbonyl (C=O) groups excluding carboxylic acids is 1. The van der Waals surface area contributed by atoms with Gasteiger partial charge in [0.2, 0.25) is 17.6 Å². The molecule has 1 aliphatic heterocycles. The lowest BCUT2D eigenvalue weighted by Crippen LogP contribution is -2.40. The lowest BCUT2D eigenvalue weighted by molar-refractivity contribution is -0.125. The van der Waals surface area contributed by atoms with Crippen LogP contribution in [-0.2, 0) is 17.9 Å². The van der Waals surface area contributed by atoms with Gasteiger partial charge in [-0.2, -0.15) is 4.98 Å². The van der Waals surface area contributed by atoms with E-state index in [4.69, 9.17) is 4.52 Å². The van der Waals surface area contributed by atoms with Crippen molar-refractivity contribution in [1.82, 2.24) is 25.0 Å². The Morgan fingerprint density at radius 1 is 1.37 bits per heavy atom. The summed E-state index contributed by atoms with van der Waals surface area (Å²) in [5.41, 5.74) is 1.32. The molecular weight excluding hydrogens is 366 g/mol. The van der Waals surface area contributed by atoms with E-state index in [0.29, 0.717) is 34.7 Å². The maximum Gasteiger partial charge on any atom is 0.257 e. The number of nitrogens with zero attached hydrogens (tertiary/aromatic N) is 4. The van der Waals surface area contributed by atoms with Gasteiger partial charge in [0.15, 0.2) is 5.16 Å². The molecule has 138 valence electrons. The first kappa shape index (κ1) is 17.5. The van der Waals surface area contributed by atoms with Crippen LogP contribution in [0.25, 0.3) is 11.4 Å². The van der Waals surface area contributed by atoms with Crippen LogP contribution in [0.5, 0.6) is 0 Å². The number of hydrogen-bond donors (Lipinski definition) is 1. The summed E-state index contributed by atoms with van der Waals surface area (Å²) in [5, 5.41) is 7.40. The average molecular weight is 383 g/mol. The Kier molecular flexibility index (Phi) is 4.76. The van der Waals surface area contributed by atoms with Gasteiger partial charge in [0, 0.05) is 29.6 Å². The SMILES string of the molecule is Cc1cnc2n(c1=O)C[C@@H](C(=O)NCc1nc(-c3ccccc3)no1)CS2. The fourth-order valence-electron chi connectivity index (χ4n) is 2.80. The summed E-state index contributed by atoms with van der Waals surface area (Å²) in [5.74, 6) is 0.914. The molecule has 27 heavy (non-hydrogen) atoms. The standard InChI is InChI=1S/C18H17N5O3S/c1-11-7-20-18-23(17(11)25)9-13(10-27-18)16(24)19-8-14-21-15(22-26-14)12-5-3-2-4-6-12/h2-7,13H,8-10H2,1H3,(H,19,24)/t13-/m1/s1. The molecule has 1 atom stereocenters.